The van der Waals surface area contributed by atoms with Crippen LogP contribution in [0, 0.1) is 11.8 Å². The topological polar surface area (TPSA) is 103 Å². The number of carbonyl (C=O) groups is 1. The molecule has 26 heavy (non-hydrogen) atoms. The highest BCUT2D eigenvalue weighted by Crippen LogP contribution is 2.19. The number of hydrogen-bond donors (Lipinski definition) is 1. The predicted octanol–water partition coefficient (Wildman–Crippen LogP) is -1.70. The molecule has 0 aliphatic carbocycles. The van der Waals surface area contributed by atoms with Gasteiger partial charge in [-0.2, -0.15) is 4.98 Å². The van der Waals surface area contributed by atoms with E-state index in [0.717, 1.165) is 33.1 Å². The minimum Gasteiger partial charge on any atom is -0.340 e. The first-order chi connectivity index (χ1) is 12.5. The van der Waals surface area contributed by atoms with Crippen LogP contribution < -0.4 is 26.3 Å². The van der Waals surface area contributed by atoms with Gasteiger partial charge < -0.3 is 15.1 Å². The fourth-order valence-corrected chi connectivity index (χ4v) is 2.91. The molecule has 2 aromatic rings. The molecule has 10 nitrogen and oxygen atoms in total. The summed E-state index contributed by atoms with van der Waals surface area (Å²) in [5, 5.41) is 3.26. The Morgan fingerprint density at radius 1 is 1.31 bits per heavy atom. The first-order valence-electron chi connectivity index (χ1n) is 8.22. The van der Waals surface area contributed by atoms with Gasteiger partial charge in [-0.05, 0) is 6.92 Å². The maximum Gasteiger partial charge on any atom is 0.366 e. The molecule has 10 heteroatoms. The van der Waals surface area contributed by atoms with Crippen LogP contribution in [0.4, 0.5) is 5.95 Å². The predicted molar refractivity (Wildman–Crippen MR) is 95.0 cm³/mol. The van der Waals surface area contributed by atoms with Crippen molar-refractivity contribution in [2.24, 2.45) is 7.05 Å². The van der Waals surface area contributed by atoms with E-state index in [1.54, 1.807) is 11.5 Å². The third-order valence-corrected chi connectivity index (χ3v) is 4.13. The van der Waals surface area contributed by atoms with E-state index in [4.69, 9.17) is 4.84 Å². The Morgan fingerprint density at radius 3 is 2.62 bits per heavy atom. The summed E-state index contributed by atoms with van der Waals surface area (Å²) in [7, 11) is 1.48. The number of rotatable bonds is 3. The first-order valence-corrected chi connectivity index (χ1v) is 8.22. The Kier molecular flexibility index (Phi) is 4.81. The lowest BCUT2D eigenvalue weighted by molar-refractivity contribution is -0.142. The number of carbonyl (C=O) groups excluding carboxylic acids is 1. The first kappa shape index (κ1) is 17.8. The summed E-state index contributed by atoms with van der Waals surface area (Å²) in [4.78, 5) is 47.9. The summed E-state index contributed by atoms with van der Waals surface area (Å²) in [5.74, 6) is 5.54. The number of hydrogen-bond acceptors (Lipinski definition) is 7. The standard InChI is InChI=1S/C16H20N6O4/c1-4-5-8-21-12-13(18-15(21)20-9-6-17-7-10-20)19(3)16(25)22(14(12)24)26-11(2)23/h17H,6-10H2,1-3H3. The van der Waals surface area contributed by atoms with E-state index in [-0.39, 0.29) is 17.7 Å². The molecule has 2 aromatic heterocycles. The molecule has 1 fully saturated rings. The number of aryl methyl sites for hydroxylation is 1. The summed E-state index contributed by atoms with van der Waals surface area (Å²) in [6, 6.07) is 0. The zero-order chi connectivity index (χ0) is 18.8. The van der Waals surface area contributed by atoms with Crippen LogP contribution in [0.2, 0.25) is 0 Å². The van der Waals surface area contributed by atoms with Crippen molar-refractivity contribution in [1.29, 1.82) is 0 Å². The second-order valence-corrected chi connectivity index (χ2v) is 5.86. The fraction of sp³-hybridized carbons (Fsp3) is 0.500. The lowest BCUT2D eigenvalue weighted by atomic mass is 10.4. The van der Waals surface area contributed by atoms with Gasteiger partial charge in [-0.15, -0.1) is 5.92 Å². The van der Waals surface area contributed by atoms with Gasteiger partial charge >= 0.3 is 17.2 Å². The SMILES string of the molecule is CC#CCn1c(N2CCNCC2)nc2c1c(=O)n(OC(C)=O)c(=O)n2C. The molecular weight excluding hydrogens is 340 g/mol. The van der Waals surface area contributed by atoms with Crippen LogP contribution >= 0.6 is 0 Å². The van der Waals surface area contributed by atoms with Crippen LogP contribution in [0.1, 0.15) is 13.8 Å². The second-order valence-electron chi connectivity index (χ2n) is 5.86. The number of imidazole rings is 1. The quantitative estimate of drug-likeness (QED) is 0.651. The molecule has 0 spiro atoms. The molecule has 0 amide bonds. The average Bonchev–Trinajstić information content (AvgIpc) is 3.02. The Morgan fingerprint density at radius 2 is 2.00 bits per heavy atom. The van der Waals surface area contributed by atoms with Gasteiger partial charge in [0.25, 0.3) is 0 Å². The number of fused-ring (bicyclic) bond motifs is 1. The molecule has 0 unspecified atom stereocenters. The minimum atomic E-state index is -0.768. The molecule has 0 saturated carbocycles. The highest BCUT2D eigenvalue weighted by molar-refractivity contribution is 5.75. The summed E-state index contributed by atoms with van der Waals surface area (Å²) in [6.45, 7) is 6.08. The van der Waals surface area contributed by atoms with Crippen molar-refractivity contribution in [2.45, 2.75) is 20.4 Å². The van der Waals surface area contributed by atoms with E-state index in [1.807, 2.05) is 4.90 Å². The average molecular weight is 360 g/mol. The van der Waals surface area contributed by atoms with Crippen LogP contribution in [-0.4, -0.2) is 51.0 Å². The Bertz CT molecular complexity index is 1030. The van der Waals surface area contributed by atoms with E-state index in [1.165, 1.54) is 11.6 Å². The lowest BCUT2D eigenvalue weighted by Crippen LogP contribution is -2.45. The number of anilines is 1. The normalized spacial score (nSPS) is 14.2. The number of nitrogens with zero attached hydrogens (tertiary/aromatic N) is 5. The van der Waals surface area contributed by atoms with Crippen molar-refractivity contribution in [2.75, 3.05) is 31.1 Å². The van der Waals surface area contributed by atoms with E-state index in [9.17, 15) is 14.4 Å². The molecule has 0 aromatic carbocycles. The van der Waals surface area contributed by atoms with E-state index >= 15 is 0 Å². The minimum absolute atomic E-state index is 0.171. The molecule has 138 valence electrons. The monoisotopic (exact) mass is 360 g/mol. The van der Waals surface area contributed by atoms with Crippen LogP contribution in [0.25, 0.3) is 11.2 Å². The molecular formula is C16H20N6O4. The van der Waals surface area contributed by atoms with Crippen molar-refractivity contribution >= 4 is 23.1 Å². The smallest absolute Gasteiger partial charge is 0.340 e. The zero-order valence-electron chi connectivity index (χ0n) is 14.9. The molecule has 3 heterocycles. The van der Waals surface area contributed by atoms with Gasteiger partial charge in [-0.3, -0.25) is 13.9 Å². The van der Waals surface area contributed by atoms with Gasteiger partial charge in [0.15, 0.2) is 11.2 Å². The summed E-state index contributed by atoms with van der Waals surface area (Å²) < 4.78 is 3.32. The largest absolute Gasteiger partial charge is 0.366 e. The van der Waals surface area contributed by atoms with Crippen molar-refractivity contribution in [3.8, 4) is 11.8 Å². The van der Waals surface area contributed by atoms with Gasteiger partial charge in [-0.1, -0.05) is 10.7 Å². The van der Waals surface area contributed by atoms with Crippen molar-refractivity contribution in [3.63, 3.8) is 0 Å². The molecule has 1 saturated heterocycles. The molecule has 1 N–H and O–H groups in total. The highest BCUT2D eigenvalue weighted by atomic mass is 16.7. The number of nitrogens with one attached hydrogen (secondary N) is 1. The summed E-state index contributed by atoms with van der Waals surface area (Å²) in [6.07, 6.45) is 0. The van der Waals surface area contributed by atoms with Crippen LogP contribution in [-0.2, 0) is 18.4 Å². The molecule has 1 aliphatic rings. The molecule has 0 radical (unpaired) electrons. The van der Waals surface area contributed by atoms with Gasteiger partial charge in [0.2, 0.25) is 5.95 Å². The van der Waals surface area contributed by atoms with Gasteiger partial charge in [0.05, 0.1) is 6.54 Å². The summed E-state index contributed by atoms with van der Waals surface area (Å²) >= 11 is 0. The maximum atomic E-state index is 12.8. The molecule has 1 aliphatic heterocycles. The molecule has 0 bridgehead atoms. The maximum absolute atomic E-state index is 12.8. The van der Waals surface area contributed by atoms with Gasteiger partial charge in [0, 0.05) is 40.2 Å². The van der Waals surface area contributed by atoms with Crippen LogP contribution in [0.5, 0.6) is 0 Å². The third-order valence-electron chi connectivity index (χ3n) is 4.13. The molecule has 0 atom stereocenters. The number of piperazine rings is 1. The van der Waals surface area contributed by atoms with E-state index < -0.39 is 17.2 Å². The molecule has 3 rings (SSSR count). The van der Waals surface area contributed by atoms with Crippen molar-refractivity contribution in [3.05, 3.63) is 20.8 Å². The number of aromatic nitrogens is 4. The summed E-state index contributed by atoms with van der Waals surface area (Å²) in [5.41, 5.74) is -1.10. The van der Waals surface area contributed by atoms with E-state index in [0.29, 0.717) is 10.7 Å². The third kappa shape index (κ3) is 2.97. The zero-order valence-corrected chi connectivity index (χ0v) is 14.9. The van der Waals surface area contributed by atoms with Crippen molar-refractivity contribution in [1.82, 2.24) is 24.2 Å². The van der Waals surface area contributed by atoms with Crippen LogP contribution in [0.3, 0.4) is 0 Å². The Hall–Kier alpha value is -3.06. The fourth-order valence-electron chi connectivity index (χ4n) is 2.91. The highest BCUT2D eigenvalue weighted by Gasteiger charge is 2.24. The second kappa shape index (κ2) is 7.05. The van der Waals surface area contributed by atoms with Gasteiger partial charge in [0.1, 0.15) is 0 Å². The van der Waals surface area contributed by atoms with Crippen molar-refractivity contribution < 1.29 is 9.63 Å². The lowest BCUT2D eigenvalue weighted by Gasteiger charge is -2.28. The Balaban J connectivity index is 2.32. The van der Waals surface area contributed by atoms with Crippen LogP contribution in [0.15, 0.2) is 9.59 Å². The van der Waals surface area contributed by atoms with E-state index in [2.05, 4.69) is 22.1 Å². The van der Waals surface area contributed by atoms with Gasteiger partial charge in [-0.25, -0.2) is 9.59 Å². The Labute approximate surface area is 148 Å².